The van der Waals surface area contributed by atoms with Gasteiger partial charge >= 0.3 is 5.97 Å². The standard InChI is InChI=1S/C11H12N2O2S3/c1-6-4-16-9(12-6)5-17-11-13-7(2)8(18-11)3-10(14)15/h4H,3,5H2,1-2H3,(H,14,15). The largest absolute Gasteiger partial charge is 0.481 e. The third-order valence-corrected chi connectivity index (χ3v) is 5.63. The number of nitrogens with zero attached hydrogens (tertiary/aromatic N) is 2. The molecular weight excluding hydrogens is 288 g/mol. The van der Waals surface area contributed by atoms with Crippen molar-refractivity contribution in [3.63, 3.8) is 0 Å². The molecule has 96 valence electrons. The third-order valence-electron chi connectivity index (χ3n) is 2.17. The molecule has 0 aromatic carbocycles. The molecule has 0 fully saturated rings. The summed E-state index contributed by atoms with van der Waals surface area (Å²) in [6.07, 6.45) is 0.0560. The Morgan fingerprint density at radius 3 is 2.83 bits per heavy atom. The monoisotopic (exact) mass is 300 g/mol. The predicted molar refractivity (Wildman–Crippen MR) is 74.6 cm³/mol. The molecule has 2 aromatic rings. The molecule has 7 heteroatoms. The first-order valence-corrected chi connectivity index (χ1v) is 7.94. The van der Waals surface area contributed by atoms with Crippen molar-refractivity contribution in [1.82, 2.24) is 9.97 Å². The van der Waals surface area contributed by atoms with Gasteiger partial charge < -0.3 is 5.11 Å². The number of aromatic nitrogens is 2. The molecule has 0 aliphatic carbocycles. The van der Waals surface area contributed by atoms with E-state index in [-0.39, 0.29) is 6.42 Å². The van der Waals surface area contributed by atoms with Gasteiger partial charge in [-0.1, -0.05) is 11.8 Å². The Balaban J connectivity index is 1.99. The number of aryl methyl sites for hydroxylation is 2. The lowest BCUT2D eigenvalue weighted by molar-refractivity contribution is -0.136. The molecule has 18 heavy (non-hydrogen) atoms. The van der Waals surface area contributed by atoms with Crippen LogP contribution in [0.2, 0.25) is 0 Å². The van der Waals surface area contributed by atoms with Crippen molar-refractivity contribution in [2.75, 3.05) is 0 Å². The van der Waals surface area contributed by atoms with Crippen molar-refractivity contribution < 1.29 is 9.90 Å². The molecule has 0 aliphatic heterocycles. The van der Waals surface area contributed by atoms with E-state index in [4.69, 9.17) is 5.11 Å². The van der Waals surface area contributed by atoms with Crippen LogP contribution in [-0.4, -0.2) is 21.0 Å². The highest BCUT2D eigenvalue weighted by Crippen LogP contribution is 2.30. The number of carbonyl (C=O) groups is 1. The summed E-state index contributed by atoms with van der Waals surface area (Å²) in [7, 11) is 0. The Kier molecular flexibility index (Phi) is 4.36. The molecule has 0 unspecified atom stereocenters. The van der Waals surface area contributed by atoms with E-state index in [0.29, 0.717) is 0 Å². The Morgan fingerprint density at radius 1 is 1.44 bits per heavy atom. The number of hydrogen-bond donors (Lipinski definition) is 1. The van der Waals surface area contributed by atoms with E-state index in [9.17, 15) is 4.79 Å². The van der Waals surface area contributed by atoms with Crippen LogP contribution in [0.15, 0.2) is 9.72 Å². The average Bonchev–Trinajstić information content (AvgIpc) is 2.83. The van der Waals surface area contributed by atoms with Crippen LogP contribution in [0.4, 0.5) is 0 Å². The number of thiazole rings is 2. The minimum Gasteiger partial charge on any atom is -0.481 e. The van der Waals surface area contributed by atoms with E-state index in [2.05, 4.69) is 9.97 Å². The maximum atomic E-state index is 10.7. The molecule has 0 saturated heterocycles. The molecule has 0 radical (unpaired) electrons. The predicted octanol–water partition coefficient (Wildman–Crippen LogP) is 3.14. The van der Waals surface area contributed by atoms with Gasteiger partial charge in [0.05, 0.1) is 17.9 Å². The maximum Gasteiger partial charge on any atom is 0.308 e. The molecule has 1 N–H and O–H groups in total. The second-order valence-corrected chi connectivity index (χ2v) is 6.98. The highest BCUT2D eigenvalue weighted by atomic mass is 32.2. The van der Waals surface area contributed by atoms with E-state index in [1.165, 1.54) is 11.3 Å². The van der Waals surface area contributed by atoms with Crippen LogP contribution in [0.3, 0.4) is 0 Å². The fourth-order valence-corrected chi connectivity index (χ4v) is 4.37. The van der Waals surface area contributed by atoms with Gasteiger partial charge in [0.1, 0.15) is 5.01 Å². The number of carboxylic acid groups (broad SMARTS) is 1. The quantitative estimate of drug-likeness (QED) is 0.859. The molecule has 0 saturated carbocycles. The topological polar surface area (TPSA) is 63.1 Å². The van der Waals surface area contributed by atoms with Gasteiger partial charge in [-0.3, -0.25) is 4.79 Å². The lowest BCUT2D eigenvalue weighted by atomic mass is 10.3. The molecule has 0 atom stereocenters. The molecular formula is C11H12N2O2S3. The van der Waals surface area contributed by atoms with E-state index < -0.39 is 5.97 Å². The molecule has 2 rings (SSSR count). The number of thioether (sulfide) groups is 1. The molecule has 0 aliphatic rings. The van der Waals surface area contributed by atoms with Gasteiger partial charge in [-0.05, 0) is 13.8 Å². The van der Waals surface area contributed by atoms with E-state index in [1.807, 2.05) is 19.2 Å². The van der Waals surface area contributed by atoms with Gasteiger partial charge in [0.2, 0.25) is 0 Å². The Labute approximate surface area is 117 Å². The fourth-order valence-electron chi connectivity index (χ4n) is 1.36. The normalized spacial score (nSPS) is 10.8. The van der Waals surface area contributed by atoms with Gasteiger partial charge in [0.15, 0.2) is 4.34 Å². The Morgan fingerprint density at radius 2 is 2.22 bits per heavy atom. The summed E-state index contributed by atoms with van der Waals surface area (Å²) in [5, 5.41) is 11.9. The lowest BCUT2D eigenvalue weighted by Crippen LogP contribution is -1.99. The highest BCUT2D eigenvalue weighted by Gasteiger charge is 2.11. The van der Waals surface area contributed by atoms with Crippen molar-refractivity contribution in [2.24, 2.45) is 0 Å². The number of rotatable bonds is 5. The average molecular weight is 300 g/mol. The van der Waals surface area contributed by atoms with E-state index in [0.717, 1.165) is 31.4 Å². The van der Waals surface area contributed by atoms with E-state index in [1.54, 1.807) is 23.1 Å². The first-order chi connectivity index (χ1) is 8.54. The number of hydrogen-bond acceptors (Lipinski definition) is 6. The van der Waals surface area contributed by atoms with Crippen molar-refractivity contribution in [3.8, 4) is 0 Å². The first-order valence-electron chi connectivity index (χ1n) is 5.26. The smallest absolute Gasteiger partial charge is 0.308 e. The second-order valence-electron chi connectivity index (χ2n) is 3.73. The van der Waals surface area contributed by atoms with Crippen LogP contribution in [0.5, 0.6) is 0 Å². The summed E-state index contributed by atoms with van der Waals surface area (Å²) in [5.41, 5.74) is 1.86. The van der Waals surface area contributed by atoms with Crippen molar-refractivity contribution in [2.45, 2.75) is 30.4 Å². The van der Waals surface area contributed by atoms with Crippen LogP contribution < -0.4 is 0 Å². The molecule has 4 nitrogen and oxygen atoms in total. The minimum absolute atomic E-state index is 0.0560. The fraction of sp³-hybridized carbons (Fsp3) is 0.364. The minimum atomic E-state index is -0.811. The van der Waals surface area contributed by atoms with Crippen LogP contribution in [-0.2, 0) is 17.0 Å². The third kappa shape index (κ3) is 3.54. The summed E-state index contributed by atoms with van der Waals surface area (Å²) in [4.78, 5) is 20.3. The number of aliphatic carboxylic acids is 1. The summed E-state index contributed by atoms with van der Waals surface area (Å²) < 4.78 is 0.914. The van der Waals surface area contributed by atoms with Crippen LogP contribution in [0, 0.1) is 13.8 Å². The summed E-state index contributed by atoms with van der Waals surface area (Å²) in [5.74, 6) is -0.0216. The Hall–Kier alpha value is -0.920. The zero-order valence-corrected chi connectivity index (χ0v) is 12.4. The van der Waals surface area contributed by atoms with Crippen molar-refractivity contribution in [3.05, 3.63) is 26.7 Å². The van der Waals surface area contributed by atoms with Gasteiger partial charge in [-0.15, -0.1) is 22.7 Å². The van der Waals surface area contributed by atoms with Gasteiger partial charge in [-0.25, -0.2) is 9.97 Å². The molecule has 0 bridgehead atoms. The van der Waals surface area contributed by atoms with E-state index >= 15 is 0 Å². The first kappa shape index (κ1) is 13.5. The van der Waals surface area contributed by atoms with Gasteiger partial charge in [0, 0.05) is 16.0 Å². The zero-order valence-electron chi connectivity index (χ0n) is 9.97. The van der Waals surface area contributed by atoms with Crippen molar-refractivity contribution >= 4 is 40.4 Å². The summed E-state index contributed by atoms with van der Waals surface area (Å²) in [6, 6.07) is 0. The zero-order chi connectivity index (χ0) is 13.1. The molecule has 0 spiro atoms. The van der Waals surface area contributed by atoms with Crippen molar-refractivity contribution in [1.29, 1.82) is 0 Å². The molecule has 2 aromatic heterocycles. The van der Waals surface area contributed by atoms with Gasteiger partial charge in [-0.2, -0.15) is 0 Å². The lowest BCUT2D eigenvalue weighted by Gasteiger charge is -1.92. The van der Waals surface area contributed by atoms with Crippen LogP contribution in [0.1, 0.15) is 21.3 Å². The molecule has 0 amide bonds. The second kappa shape index (κ2) is 5.81. The van der Waals surface area contributed by atoms with Gasteiger partial charge in [0.25, 0.3) is 0 Å². The highest BCUT2D eigenvalue weighted by molar-refractivity contribution is 8.00. The van der Waals surface area contributed by atoms with Crippen LogP contribution in [0.25, 0.3) is 0 Å². The summed E-state index contributed by atoms with van der Waals surface area (Å²) >= 11 is 4.71. The van der Waals surface area contributed by atoms with Crippen LogP contribution >= 0.6 is 34.4 Å². The summed E-state index contributed by atoms with van der Waals surface area (Å²) in [6.45, 7) is 3.83. The number of carboxylic acids is 1. The SMILES string of the molecule is Cc1csc(CSc2nc(C)c(CC(=O)O)s2)n1. The Bertz CT molecular complexity index is 562. The maximum absolute atomic E-state index is 10.7. The molecule has 2 heterocycles.